The molecule has 0 saturated carbocycles. The Labute approximate surface area is 143 Å². The van der Waals surface area contributed by atoms with E-state index in [0.717, 1.165) is 4.90 Å². The Morgan fingerprint density at radius 1 is 1.29 bits per heavy atom. The summed E-state index contributed by atoms with van der Waals surface area (Å²) in [7, 11) is 0. The Morgan fingerprint density at radius 2 is 1.88 bits per heavy atom. The second-order valence-electron chi connectivity index (χ2n) is 8.74. The normalized spacial score (nSPS) is 19.8. The van der Waals surface area contributed by atoms with Crippen LogP contribution in [0.3, 0.4) is 0 Å². The number of carbonyl (C=O) groups is 2. The number of ether oxygens (including phenoxy) is 1. The minimum atomic E-state index is -2.87. The van der Waals surface area contributed by atoms with Gasteiger partial charge in [0.15, 0.2) is 0 Å². The number of piperidine rings is 1. The van der Waals surface area contributed by atoms with E-state index in [1.54, 1.807) is 20.8 Å². The monoisotopic (exact) mass is 348 g/mol. The third-order valence-corrected chi connectivity index (χ3v) is 3.50. The van der Waals surface area contributed by atoms with Crippen LogP contribution in [0.4, 0.5) is 13.6 Å². The fraction of sp³-hybridized carbons (Fsp3) is 0.882. The number of hydrogen-bond donors (Lipinski definition) is 1. The van der Waals surface area contributed by atoms with Crippen LogP contribution in [0.25, 0.3) is 0 Å². The highest BCUT2D eigenvalue weighted by Gasteiger charge is 2.40. The van der Waals surface area contributed by atoms with Crippen LogP contribution in [0.1, 0.15) is 60.8 Å². The molecule has 1 aliphatic heterocycles. The van der Waals surface area contributed by atoms with E-state index in [9.17, 15) is 18.4 Å². The van der Waals surface area contributed by atoms with E-state index in [4.69, 9.17) is 4.74 Å². The summed E-state index contributed by atoms with van der Waals surface area (Å²) in [6.07, 6.45) is -0.636. The van der Waals surface area contributed by atoms with Crippen LogP contribution in [0.15, 0.2) is 0 Å². The Morgan fingerprint density at radius 3 is 2.38 bits per heavy atom. The smallest absolute Gasteiger partial charge is 0.407 e. The van der Waals surface area contributed by atoms with E-state index < -0.39 is 36.6 Å². The van der Waals surface area contributed by atoms with E-state index in [-0.39, 0.29) is 24.3 Å². The van der Waals surface area contributed by atoms with Gasteiger partial charge in [0.05, 0.1) is 12.6 Å². The van der Waals surface area contributed by atoms with E-state index in [0.29, 0.717) is 6.42 Å². The molecule has 0 unspecified atom stereocenters. The van der Waals surface area contributed by atoms with E-state index in [1.165, 1.54) is 0 Å². The molecule has 1 aliphatic rings. The lowest BCUT2D eigenvalue weighted by Gasteiger charge is -2.36. The fourth-order valence-electron chi connectivity index (χ4n) is 2.70. The fourth-order valence-corrected chi connectivity index (χ4v) is 2.70. The largest absolute Gasteiger partial charge is 0.444 e. The van der Waals surface area contributed by atoms with Gasteiger partial charge in [-0.1, -0.05) is 20.8 Å². The molecule has 1 fully saturated rings. The first-order chi connectivity index (χ1) is 10.7. The van der Waals surface area contributed by atoms with Gasteiger partial charge in [0, 0.05) is 19.4 Å². The second kappa shape index (κ2) is 7.23. The maximum Gasteiger partial charge on any atom is 0.407 e. The molecule has 0 aliphatic carbocycles. The van der Waals surface area contributed by atoms with Crippen LogP contribution in [0, 0.1) is 5.41 Å². The summed E-state index contributed by atoms with van der Waals surface area (Å²) in [5.41, 5.74) is -0.786. The third kappa shape index (κ3) is 7.93. The number of hydrogen-bond acceptors (Lipinski definition) is 3. The highest BCUT2D eigenvalue weighted by molar-refractivity contribution is 5.77. The van der Waals surface area contributed by atoms with Crippen LogP contribution >= 0.6 is 0 Å². The van der Waals surface area contributed by atoms with Gasteiger partial charge in [-0.25, -0.2) is 13.6 Å². The topological polar surface area (TPSA) is 58.6 Å². The summed E-state index contributed by atoms with van der Waals surface area (Å²) in [5, 5.41) is 2.73. The highest BCUT2D eigenvalue weighted by atomic mass is 19.3. The van der Waals surface area contributed by atoms with Crippen molar-refractivity contribution in [2.45, 2.75) is 78.4 Å². The van der Waals surface area contributed by atoms with Crippen molar-refractivity contribution in [1.29, 1.82) is 0 Å². The first kappa shape index (κ1) is 20.6. The van der Waals surface area contributed by atoms with E-state index >= 15 is 0 Å². The number of amides is 2. The molecule has 0 aromatic heterocycles. The highest BCUT2D eigenvalue weighted by Crippen LogP contribution is 2.28. The Kier molecular flexibility index (Phi) is 6.22. The first-order valence-corrected chi connectivity index (χ1v) is 8.32. The average Bonchev–Trinajstić information content (AvgIpc) is 2.28. The summed E-state index contributed by atoms with van der Waals surface area (Å²) in [5.74, 6) is -3.17. The Balaban J connectivity index is 2.78. The molecule has 5 nitrogen and oxygen atoms in total. The van der Waals surface area contributed by atoms with Crippen molar-refractivity contribution in [3.63, 3.8) is 0 Å². The molecule has 0 bridgehead atoms. The van der Waals surface area contributed by atoms with Gasteiger partial charge >= 0.3 is 6.09 Å². The molecule has 0 aromatic carbocycles. The van der Waals surface area contributed by atoms with Crippen molar-refractivity contribution in [2.75, 3.05) is 13.1 Å². The van der Waals surface area contributed by atoms with Gasteiger partial charge in [-0.15, -0.1) is 0 Å². The zero-order chi connectivity index (χ0) is 18.8. The molecule has 1 N–H and O–H groups in total. The lowest BCUT2D eigenvalue weighted by atomic mass is 9.87. The van der Waals surface area contributed by atoms with Crippen LogP contribution < -0.4 is 5.32 Å². The molecule has 1 heterocycles. The number of nitrogens with zero attached hydrogens (tertiary/aromatic N) is 1. The van der Waals surface area contributed by atoms with E-state index in [2.05, 4.69) is 5.32 Å². The lowest BCUT2D eigenvalue weighted by Crippen LogP contribution is -2.53. The van der Waals surface area contributed by atoms with Crippen molar-refractivity contribution in [3.05, 3.63) is 0 Å². The number of rotatable bonds is 4. The van der Waals surface area contributed by atoms with Crippen molar-refractivity contribution < 1.29 is 23.1 Å². The zero-order valence-corrected chi connectivity index (χ0v) is 15.5. The molecular weight excluding hydrogens is 318 g/mol. The number of alkyl carbamates (subject to hydrolysis) is 1. The number of carbonyl (C=O) groups excluding carboxylic acids is 2. The number of likely N-dealkylation sites (tertiary alicyclic amines) is 1. The van der Waals surface area contributed by atoms with Gasteiger partial charge in [0.25, 0.3) is 5.92 Å². The molecule has 1 saturated heterocycles. The standard InChI is InChI=1S/C17H30F2N2O3/c1-15(2,3)9-12(20-14(23)24-16(4,5)6)10-21-11-17(18,19)8-7-13(21)22/h12H,7-11H2,1-6H3,(H,20,23)/t12-/m0/s1. The summed E-state index contributed by atoms with van der Waals surface area (Å²) in [4.78, 5) is 25.1. The molecule has 0 radical (unpaired) electrons. The van der Waals surface area contributed by atoms with Crippen molar-refractivity contribution in [1.82, 2.24) is 10.2 Å². The van der Waals surface area contributed by atoms with Gasteiger partial charge in [-0.3, -0.25) is 4.79 Å². The van der Waals surface area contributed by atoms with Gasteiger partial charge in [0.1, 0.15) is 5.60 Å². The third-order valence-electron chi connectivity index (χ3n) is 3.50. The van der Waals surface area contributed by atoms with E-state index in [1.807, 2.05) is 20.8 Å². The van der Waals surface area contributed by atoms with Gasteiger partial charge in [-0.2, -0.15) is 0 Å². The van der Waals surface area contributed by atoms with Crippen LogP contribution in [-0.4, -0.2) is 47.6 Å². The minimum Gasteiger partial charge on any atom is -0.444 e. The predicted molar refractivity (Wildman–Crippen MR) is 88.0 cm³/mol. The predicted octanol–water partition coefficient (Wildman–Crippen LogP) is 3.57. The molecule has 2 amide bonds. The van der Waals surface area contributed by atoms with Crippen LogP contribution in [-0.2, 0) is 9.53 Å². The Hall–Kier alpha value is -1.40. The van der Waals surface area contributed by atoms with Crippen molar-refractivity contribution in [3.8, 4) is 0 Å². The molecule has 0 aromatic rings. The summed E-state index contributed by atoms with van der Waals surface area (Å²) >= 11 is 0. The molecule has 24 heavy (non-hydrogen) atoms. The quantitative estimate of drug-likeness (QED) is 0.845. The second-order valence-corrected chi connectivity index (χ2v) is 8.74. The molecule has 0 spiro atoms. The molecule has 140 valence electrons. The number of halogens is 2. The van der Waals surface area contributed by atoms with Crippen molar-refractivity contribution in [2.24, 2.45) is 5.41 Å². The maximum atomic E-state index is 13.6. The molecule has 1 atom stereocenters. The average molecular weight is 348 g/mol. The molecule has 1 rings (SSSR count). The molecule has 7 heteroatoms. The van der Waals surface area contributed by atoms with Gasteiger partial charge in [-0.05, 0) is 32.6 Å². The summed E-state index contributed by atoms with van der Waals surface area (Å²) in [6.45, 7) is 10.7. The minimum absolute atomic E-state index is 0.0605. The summed E-state index contributed by atoms with van der Waals surface area (Å²) < 4.78 is 32.4. The first-order valence-electron chi connectivity index (χ1n) is 8.32. The van der Waals surface area contributed by atoms with Crippen molar-refractivity contribution >= 4 is 12.0 Å². The van der Waals surface area contributed by atoms with Gasteiger partial charge < -0.3 is 15.0 Å². The van der Waals surface area contributed by atoms with Crippen LogP contribution in [0.2, 0.25) is 0 Å². The van der Waals surface area contributed by atoms with Crippen LogP contribution in [0.5, 0.6) is 0 Å². The number of nitrogens with one attached hydrogen (secondary N) is 1. The maximum absolute atomic E-state index is 13.6. The zero-order valence-electron chi connectivity index (χ0n) is 15.5. The molecular formula is C17H30F2N2O3. The lowest BCUT2D eigenvalue weighted by molar-refractivity contribution is -0.147. The number of alkyl halides is 2. The SMILES string of the molecule is CC(C)(C)C[C@@H](CN1CC(F)(F)CCC1=O)NC(=O)OC(C)(C)C. The summed E-state index contributed by atoms with van der Waals surface area (Å²) in [6, 6.07) is -0.447. The Bertz CT molecular complexity index is 467. The van der Waals surface area contributed by atoms with Gasteiger partial charge in [0.2, 0.25) is 5.91 Å².